The Hall–Kier alpha value is -3.47. The molecule has 1 fully saturated rings. The van der Waals surface area contributed by atoms with Crippen molar-refractivity contribution in [3.05, 3.63) is 70.8 Å². The number of benzene rings is 2. The SMILES string of the molecule is C=Nc1cc2c(cc1NC(=O)C1CCC3=CC=CCC3C1)Cc1cc(C(C)=NC)ccc1N2. The molecule has 1 heterocycles. The summed E-state index contributed by atoms with van der Waals surface area (Å²) in [5.41, 5.74) is 9.54. The molecule has 2 atom stereocenters. The van der Waals surface area contributed by atoms with E-state index in [1.54, 1.807) is 0 Å². The number of nitrogens with one attached hydrogen (secondary N) is 2. The standard InChI is InChI=1S/C28H30N4O/c1-17(29-2)19-10-11-24-22(12-19)14-23-15-27(26(30-3)16-25(23)31-24)32-28(33)21-9-8-18-6-4-5-7-20(18)13-21/h4-6,10-12,15-16,20-21,31H,3,7-9,13-14H2,1-2H3,(H,32,33). The van der Waals surface area contributed by atoms with Gasteiger partial charge in [-0.15, -0.1) is 0 Å². The monoisotopic (exact) mass is 438 g/mol. The molecule has 1 amide bonds. The minimum Gasteiger partial charge on any atom is -0.355 e. The molecular formula is C28H30N4O. The number of amides is 1. The molecule has 2 aromatic rings. The Morgan fingerprint density at radius 2 is 2.03 bits per heavy atom. The fraction of sp³-hybridized carbons (Fsp3) is 0.321. The van der Waals surface area contributed by atoms with E-state index in [0.717, 1.165) is 66.0 Å². The lowest BCUT2D eigenvalue weighted by Crippen LogP contribution is -2.29. The van der Waals surface area contributed by atoms with Gasteiger partial charge in [0.25, 0.3) is 0 Å². The van der Waals surface area contributed by atoms with Crippen LogP contribution in [-0.4, -0.2) is 25.4 Å². The molecule has 168 valence electrons. The molecule has 1 saturated carbocycles. The highest BCUT2D eigenvalue weighted by molar-refractivity contribution is 6.00. The smallest absolute Gasteiger partial charge is 0.227 e. The number of hydrogen-bond donors (Lipinski definition) is 2. The molecule has 0 spiro atoms. The zero-order valence-electron chi connectivity index (χ0n) is 19.3. The van der Waals surface area contributed by atoms with Gasteiger partial charge in [-0.25, -0.2) is 0 Å². The van der Waals surface area contributed by atoms with Crippen LogP contribution >= 0.6 is 0 Å². The van der Waals surface area contributed by atoms with E-state index in [0.29, 0.717) is 11.6 Å². The number of aliphatic imine (C=N–C) groups is 2. The number of anilines is 3. The molecular weight excluding hydrogens is 408 g/mol. The maximum Gasteiger partial charge on any atom is 0.227 e. The van der Waals surface area contributed by atoms with Crippen LogP contribution in [0.5, 0.6) is 0 Å². The molecule has 5 nitrogen and oxygen atoms in total. The summed E-state index contributed by atoms with van der Waals surface area (Å²) in [6.07, 6.45) is 11.2. The first-order chi connectivity index (χ1) is 16.1. The topological polar surface area (TPSA) is 65.8 Å². The molecule has 0 aromatic heterocycles. The van der Waals surface area contributed by atoms with Crippen molar-refractivity contribution in [3.8, 4) is 0 Å². The van der Waals surface area contributed by atoms with E-state index in [2.05, 4.69) is 69.8 Å². The van der Waals surface area contributed by atoms with Gasteiger partial charge in [0.1, 0.15) is 0 Å². The summed E-state index contributed by atoms with van der Waals surface area (Å²) >= 11 is 0. The number of nitrogens with zero attached hydrogens (tertiary/aromatic N) is 2. The molecule has 0 bridgehead atoms. The Morgan fingerprint density at radius 1 is 1.18 bits per heavy atom. The van der Waals surface area contributed by atoms with Crippen LogP contribution in [0.1, 0.15) is 49.3 Å². The molecule has 5 heteroatoms. The first-order valence-corrected chi connectivity index (χ1v) is 11.7. The molecule has 1 aliphatic heterocycles. The van der Waals surface area contributed by atoms with Crippen LogP contribution in [0.4, 0.5) is 22.7 Å². The minimum atomic E-state index is 0.0325. The number of carbonyl (C=O) groups excluding carboxylic acids is 1. The van der Waals surface area contributed by atoms with Crippen LogP contribution in [0.25, 0.3) is 0 Å². The van der Waals surface area contributed by atoms with Gasteiger partial charge in [-0.05, 0) is 86.2 Å². The van der Waals surface area contributed by atoms with E-state index in [1.165, 1.54) is 11.1 Å². The molecule has 5 rings (SSSR count). The molecule has 2 N–H and O–H groups in total. The third-order valence-corrected chi connectivity index (χ3v) is 7.27. The summed E-state index contributed by atoms with van der Waals surface area (Å²) in [6, 6.07) is 10.4. The highest BCUT2D eigenvalue weighted by atomic mass is 16.1. The fourth-order valence-electron chi connectivity index (χ4n) is 5.23. The third kappa shape index (κ3) is 4.15. The van der Waals surface area contributed by atoms with Crippen LogP contribution in [0, 0.1) is 11.8 Å². The Labute approximate surface area is 195 Å². The van der Waals surface area contributed by atoms with Crippen molar-refractivity contribution in [1.82, 2.24) is 0 Å². The van der Waals surface area contributed by atoms with Gasteiger partial charge in [-0.2, -0.15) is 0 Å². The van der Waals surface area contributed by atoms with Gasteiger partial charge in [-0.1, -0.05) is 29.9 Å². The Balaban J connectivity index is 1.37. The normalized spacial score (nSPS) is 21.2. The number of hydrogen-bond acceptors (Lipinski definition) is 4. The Morgan fingerprint density at radius 3 is 2.85 bits per heavy atom. The van der Waals surface area contributed by atoms with Crippen molar-refractivity contribution >= 4 is 41.1 Å². The van der Waals surface area contributed by atoms with E-state index < -0.39 is 0 Å². The van der Waals surface area contributed by atoms with Crippen LogP contribution in [0.2, 0.25) is 0 Å². The molecule has 33 heavy (non-hydrogen) atoms. The third-order valence-electron chi connectivity index (χ3n) is 7.27. The molecule has 2 aliphatic carbocycles. The first-order valence-electron chi connectivity index (χ1n) is 11.7. The maximum atomic E-state index is 13.2. The summed E-state index contributed by atoms with van der Waals surface area (Å²) < 4.78 is 0. The van der Waals surface area contributed by atoms with E-state index >= 15 is 0 Å². The van der Waals surface area contributed by atoms with Gasteiger partial charge in [0.2, 0.25) is 5.91 Å². The van der Waals surface area contributed by atoms with Gasteiger partial charge in [0, 0.05) is 36.5 Å². The van der Waals surface area contributed by atoms with Crippen LogP contribution in [0.15, 0.2) is 64.1 Å². The number of fused-ring (bicyclic) bond motifs is 3. The Bertz CT molecular complexity index is 1220. The second-order valence-electron chi connectivity index (χ2n) is 9.23. The summed E-state index contributed by atoms with van der Waals surface area (Å²) in [6.45, 7) is 5.76. The zero-order valence-corrected chi connectivity index (χ0v) is 19.3. The molecule has 0 saturated heterocycles. The zero-order chi connectivity index (χ0) is 22.9. The molecule has 2 aromatic carbocycles. The summed E-state index contributed by atoms with van der Waals surface area (Å²) in [5.74, 6) is 0.629. The van der Waals surface area contributed by atoms with E-state index in [9.17, 15) is 4.79 Å². The van der Waals surface area contributed by atoms with Crippen LogP contribution in [-0.2, 0) is 11.2 Å². The van der Waals surface area contributed by atoms with Crippen molar-refractivity contribution in [2.75, 3.05) is 17.7 Å². The van der Waals surface area contributed by atoms with E-state index in [1.807, 2.05) is 20.0 Å². The average molecular weight is 439 g/mol. The van der Waals surface area contributed by atoms with Gasteiger partial charge in [0.15, 0.2) is 0 Å². The van der Waals surface area contributed by atoms with E-state index in [-0.39, 0.29) is 11.8 Å². The van der Waals surface area contributed by atoms with Crippen molar-refractivity contribution in [2.24, 2.45) is 21.8 Å². The number of rotatable bonds is 4. The van der Waals surface area contributed by atoms with Crippen LogP contribution in [0.3, 0.4) is 0 Å². The predicted molar refractivity (Wildman–Crippen MR) is 138 cm³/mol. The number of allylic oxidation sites excluding steroid dienone is 4. The molecule has 3 aliphatic rings. The van der Waals surface area contributed by atoms with Crippen molar-refractivity contribution in [2.45, 2.75) is 39.0 Å². The van der Waals surface area contributed by atoms with Gasteiger partial charge >= 0.3 is 0 Å². The lowest BCUT2D eigenvalue weighted by atomic mass is 9.74. The highest BCUT2D eigenvalue weighted by Crippen LogP contribution is 2.41. The fourth-order valence-corrected chi connectivity index (χ4v) is 5.23. The summed E-state index contributed by atoms with van der Waals surface area (Å²) in [7, 11) is 1.81. The first kappa shape index (κ1) is 21.4. The van der Waals surface area contributed by atoms with Gasteiger partial charge in [0.05, 0.1) is 11.4 Å². The molecule has 0 radical (unpaired) electrons. The molecule has 2 unspecified atom stereocenters. The maximum absolute atomic E-state index is 13.2. The van der Waals surface area contributed by atoms with E-state index in [4.69, 9.17) is 0 Å². The van der Waals surface area contributed by atoms with Crippen molar-refractivity contribution < 1.29 is 4.79 Å². The number of carbonyl (C=O) groups is 1. The second-order valence-corrected chi connectivity index (χ2v) is 9.23. The average Bonchev–Trinajstić information content (AvgIpc) is 2.85. The van der Waals surface area contributed by atoms with Crippen molar-refractivity contribution in [3.63, 3.8) is 0 Å². The quantitative estimate of drug-likeness (QED) is 0.466. The summed E-state index contributed by atoms with van der Waals surface area (Å²) in [4.78, 5) is 21.7. The lowest BCUT2D eigenvalue weighted by molar-refractivity contribution is -0.120. The predicted octanol–water partition coefficient (Wildman–Crippen LogP) is 6.35. The highest BCUT2D eigenvalue weighted by Gasteiger charge is 2.31. The lowest BCUT2D eigenvalue weighted by Gasteiger charge is -2.32. The van der Waals surface area contributed by atoms with Gasteiger partial charge < -0.3 is 10.6 Å². The Kier molecular flexibility index (Phi) is 5.71. The van der Waals surface area contributed by atoms with Crippen LogP contribution < -0.4 is 10.6 Å². The second kappa shape index (κ2) is 8.81. The minimum absolute atomic E-state index is 0.0325. The largest absolute Gasteiger partial charge is 0.355 e. The summed E-state index contributed by atoms with van der Waals surface area (Å²) in [5, 5.41) is 6.70. The van der Waals surface area contributed by atoms with Crippen molar-refractivity contribution in [1.29, 1.82) is 0 Å². The van der Waals surface area contributed by atoms with Gasteiger partial charge in [-0.3, -0.25) is 14.8 Å².